The lowest BCUT2D eigenvalue weighted by atomic mass is 9.99. The van der Waals surface area contributed by atoms with Gasteiger partial charge in [0.1, 0.15) is 12.4 Å². The van der Waals surface area contributed by atoms with Crippen molar-refractivity contribution in [3.8, 4) is 5.75 Å². The highest BCUT2D eigenvalue weighted by Gasteiger charge is 2.27. The van der Waals surface area contributed by atoms with Crippen LogP contribution in [0, 0.1) is 5.92 Å². The van der Waals surface area contributed by atoms with Crippen molar-refractivity contribution >= 4 is 11.8 Å². The van der Waals surface area contributed by atoms with Crippen LogP contribution < -0.4 is 4.74 Å². The summed E-state index contributed by atoms with van der Waals surface area (Å²) in [5.41, 5.74) is 1.78. The molecule has 0 aromatic heterocycles. The van der Waals surface area contributed by atoms with Crippen LogP contribution in [0.1, 0.15) is 67.3 Å². The highest BCUT2D eigenvalue weighted by Crippen LogP contribution is 2.29. The van der Waals surface area contributed by atoms with Crippen molar-refractivity contribution in [3.05, 3.63) is 65.7 Å². The number of hydrogen-bond acceptors (Lipinski definition) is 3. The molecule has 2 amide bonds. The number of amides is 2. The van der Waals surface area contributed by atoms with Crippen LogP contribution in [0.3, 0.4) is 0 Å². The van der Waals surface area contributed by atoms with Crippen molar-refractivity contribution in [2.45, 2.75) is 63.8 Å². The molecule has 0 saturated heterocycles. The maximum atomic E-state index is 13.5. The van der Waals surface area contributed by atoms with Gasteiger partial charge in [0.15, 0.2) is 0 Å². The fourth-order valence-corrected chi connectivity index (χ4v) is 5.32. The zero-order chi connectivity index (χ0) is 23.8. The van der Waals surface area contributed by atoms with E-state index < -0.39 is 0 Å². The second-order valence-electron chi connectivity index (χ2n) is 9.86. The van der Waals surface area contributed by atoms with E-state index in [9.17, 15) is 9.59 Å². The molecule has 0 radical (unpaired) electrons. The fraction of sp³-hybridized carbons (Fsp3) is 0.517. The van der Waals surface area contributed by atoms with E-state index in [4.69, 9.17) is 4.74 Å². The van der Waals surface area contributed by atoms with Gasteiger partial charge in [0.25, 0.3) is 5.91 Å². The first-order valence-corrected chi connectivity index (χ1v) is 12.9. The summed E-state index contributed by atoms with van der Waals surface area (Å²) >= 11 is 0. The molecular formula is C29H38N2O3. The SMILES string of the molecule is CN1CCCCN(C(=O)CCC2CCCC2)[C@@H](Cc2ccccc2)COc2ccccc2C1=O. The van der Waals surface area contributed by atoms with E-state index >= 15 is 0 Å². The van der Waals surface area contributed by atoms with Crippen LogP contribution in [0.25, 0.3) is 0 Å². The third kappa shape index (κ3) is 6.40. The van der Waals surface area contributed by atoms with E-state index in [0.717, 1.165) is 25.7 Å². The molecule has 0 unspecified atom stereocenters. The molecule has 5 heteroatoms. The fourth-order valence-electron chi connectivity index (χ4n) is 5.32. The van der Waals surface area contributed by atoms with Gasteiger partial charge in [-0.3, -0.25) is 9.59 Å². The molecule has 1 atom stereocenters. The summed E-state index contributed by atoms with van der Waals surface area (Å²) < 4.78 is 6.28. The summed E-state index contributed by atoms with van der Waals surface area (Å²) in [7, 11) is 1.84. The van der Waals surface area contributed by atoms with Crippen LogP contribution in [-0.2, 0) is 11.2 Å². The van der Waals surface area contributed by atoms with Crippen LogP contribution in [0.15, 0.2) is 54.6 Å². The number of nitrogens with zero attached hydrogens (tertiary/aromatic N) is 2. The molecule has 34 heavy (non-hydrogen) atoms. The molecular weight excluding hydrogens is 424 g/mol. The molecule has 2 aromatic rings. The Morgan fingerprint density at radius 1 is 0.941 bits per heavy atom. The zero-order valence-corrected chi connectivity index (χ0v) is 20.5. The van der Waals surface area contributed by atoms with Crippen LogP contribution in [0.5, 0.6) is 5.75 Å². The molecule has 0 spiro atoms. The van der Waals surface area contributed by atoms with Gasteiger partial charge in [-0.2, -0.15) is 0 Å². The maximum Gasteiger partial charge on any atom is 0.257 e. The Bertz CT molecular complexity index is 939. The lowest BCUT2D eigenvalue weighted by molar-refractivity contribution is -0.134. The molecule has 1 heterocycles. The third-order valence-corrected chi connectivity index (χ3v) is 7.35. The molecule has 4 rings (SSSR count). The van der Waals surface area contributed by atoms with Crippen molar-refractivity contribution in [2.24, 2.45) is 5.92 Å². The Kier molecular flexibility index (Phi) is 8.62. The monoisotopic (exact) mass is 462 g/mol. The number of benzene rings is 2. The van der Waals surface area contributed by atoms with Gasteiger partial charge in [0.05, 0.1) is 11.6 Å². The molecule has 5 nitrogen and oxygen atoms in total. The Morgan fingerprint density at radius 2 is 1.65 bits per heavy atom. The minimum Gasteiger partial charge on any atom is -0.491 e. The molecule has 182 valence electrons. The summed E-state index contributed by atoms with van der Waals surface area (Å²) in [5, 5.41) is 0. The normalized spacial score (nSPS) is 20.3. The second kappa shape index (κ2) is 12.0. The molecule has 1 saturated carbocycles. The van der Waals surface area contributed by atoms with Gasteiger partial charge in [0.2, 0.25) is 5.91 Å². The second-order valence-corrected chi connectivity index (χ2v) is 9.86. The van der Waals surface area contributed by atoms with Gasteiger partial charge in [-0.15, -0.1) is 0 Å². The number of ether oxygens (including phenoxy) is 1. The summed E-state index contributed by atoms with van der Waals surface area (Å²) in [6.45, 7) is 1.74. The number of carbonyl (C=O) groups excluding carboxylic acids is 2. The quantitative estimate of drug-likeness (QED) is 0.603. The molecule has 0 N–H and O–H groups in total. The predicted molar refractivity (Wildman–Crippen MR) is 135 cm³/mol. The van der Waals surface area contributed by atoms with Crippen molar-refractivity contribution in [3.63, 3.8) is 0 Å². The Labute approximate surface area is 204 Å². The molecule has 2 aromatic carbocycles. The Hall–Kier alpha value is -2.82. The van der Waals surface area contributed by atoms with Gasteiger partial charge in [-0.05, 0) is 49.3 Å². The lowest BCUT2D eigenvalue weighted by Crippen LogP contribution is -2.46. The molecule has 1 aliphatic heterocycles. The van der Waals surface area contributed by atoms with E-state index in [0.29, 0.717) is 43.3 Å². The van der Waals surface area contributed by atoms with Gasteiger partial charge >= 0.3 is 0 Å². The third-order valence-electron chi connectivity index (χ3n) is 7.35. The van der Waals surface area contributed by atoms with E-state index in [1.54, 1.807) is 4.90 Å². The lowest BCUT2D eigenvalue weighted by Gasteiger charge is -2.33. The van der Waals surface area contributed by atoms with Crippen LogP contribution in [-0.4, -0.2) is 54.4 Å². The molecule has 1 fully saturated rings. The minimum absolute atomic E-state index is 0.0136. The largest absolute Gasteiger partial charge is 0.491 e. The van der Waals surface area contributed by atoms with E-state index in [1.165, 1.54) is 31.2 Å². The van der Waals surface area contributed by atoms with E-state index in [2.05, 4.69) is 17.0 Å². The first kappa shape index (κ1) is 24.3. The maximum absolute atomic E-state index is 13.5. The van der Waals surface area contributed by atoms with Gasteiger partial charge in [-0.1, -0.05) is 68.1 Å². The van der Waals surface area contributed by atoms with E-state index in [-0.39, 0.29) is 17.9 Å². The van der Waals surface area contributed by atoms with Gasteiger partial charge in [0, 0.05) is 26.6 Å². The smallest absolute Gasteiger partial charge is 0.257 e. The first-order valence-electron chi connectivity index (χ1n) is 12.9. The molecule has 2 aliphatic rings. The van der Waals surface area contributed by atoms with Crippen molar-refractivity contribution in [1.82, 2.24) is 9.80 Å². The first-order chi connectivity index (χ1) is 16.6. The predicted octanol–water partition coefficient (Wildman–Crippen LogP) is 5.34. The van der Waals surface area contributed by atoms with Gasteiger partial charge in [-0.25, -0.2) is 0 Å². The minimum atomic E-state index is -0.0706. The zero-order valence-electron chi connectivity index (χ0n) is 20.5. The summed E-state index contributed by atoms with van der Waals surface area (Å²) in [6.07, 6.45) is 9.24. The Balaban J connectivity index is 1.57. The summed E-state index contributed by atoms with van der Waals surface area (Å²) in [4.78, 5) is 30.4. The van der Waals surface area contributed by atoms with Crippen LogP contribution in [0.2, 0.25) is 0 Å². The number of rotatable bonds is 5. The number of para-hydroxylation sites is 1. The van der Waals surface area contributed by atoms with Crippen molar-refractivity contribution in [2.75, 3.05) is 26.7 Å². The highest BCUT2D eigenvalue weighted by atomic mass is 16.5. The standard InChI is InChI=1S/C29H38N2O3/c1-30-19-9-10-20-31(28(32)18-17-23-11-5-6-12-23)25(21-24-13-3-2-4-14-24)22-34-27-16-8-7-15-26(27)29(30)33/h2-4,7-8,13-16,23,25H,5-6,9-12,17-22H2,1H3/t25-/m0/s1. The summed E-state index contributed by atoms with van der Waals surface area (Å²) in [5.74, 6) is 1.52. The Morgan fingerprint density at radius 3 is 2.44 bits per heavy atom. The average molecular weight is 463 g/mol. The summed E-state index contributed by atoms with van der Waals surface area (Å²) in [6, 6.07) is 17.7. The molecule has 1 aliphatic carbocycles. The molecule has 0 bridgehead atoms. The van der Waals surface area contributed by atoms with Gasteiger partial charge < -0.3 is 14.5 Å². The van der Waals surface area contributed by atoms with Crippen molar-refractivity contribution in [1.29, 1.82) is 0 Å². The van der Waals surface area contributed by atoms with Crippen LogP contribution >= 0.6 is 0 Å². The topological polar surface area (TPSA) is 49.9 Å². The van der Waals surface area contributed by atoms with E-state index in [1.807, 2.05) is 49.5 Å². The number of carbonyl (C=O) groups is 2. The highest BCUT2D eigenvalue weighted by molar-refractivity contribution is 5.96. The number of hydrogen-bond donors (Lipinski definition) is 0. The average Bonchev–Trinajstić information content (AvgIpc) is 3.39. The number of fused-ring (bicyclic) bond motifs is 1. The van der Waals surface area contributed by atoms with Crippen LogP contribution in [0.4, 0.5) is 0 Å². The van der Waals surface area contributed by atoms with Crippen molar-refractivity contribution < 1.29 is 14.3 Å².